The second kappa shape index (κ2) is 6.56. The zero-order valence-electron chi connectivity index (χ0n) is 11.8. The van der Waals surface area contributed by atoms with E-state index in [1.54, 1.807) is 7.05 Å². The summed E-state index contributed by atoms with van der Waals surface area (Å²) in [7, 11) is -1.24. The van der Waals surface area contributed by atoms with E-state index in [1.807, 2.05) is 30.0 Å². The molecule has 0 saturated heterocycles. The lowest BCUT2D eigenvalue weighted by Crippen LogP contribution is -2.25. The first-order valence-electron chi connectivity index (χ1n) is 6.09. The fourth-order valence-corrected chi connectivity index (χ4v) is 2.34. The maximum atomic E-state index is 11.2. The highest BCUT2D eigenvalue weighted by molar-refractivity contribution is 7.90. The van der Waals surface area contributed by atoms with Crippen LogP contribution in [0.2, 0.25) is 0 Å². The summed E-state index contributed by atoms with van der Waals surface area (Å²) in [4.78, 5) is 12.4. The third-order valence-corrected chi connectivity index (χ3v) is 3.72. The van der Waals surface area contributed by atoms with Gasteiger partial charge in [0.05, 0.1) is 5.75 Å². The average Bonchev–Trinajstić information content (AvgIpc) is 2.32. The number of benzene rings is 1. The summed E-state index contributed by atoms with van der Waals surface area (Å²) in [6.45, 7) is 2.27. The second-order valence-corrected chi connectivity index (χ2v) is 7.05. The van der Waals surface area contributed by atoms with Crippen molar-refractivity contribution in [3.05, 3.63) is 35.4 Å². The van der Waals surface area contributed by atoms with Gasteiger partial charge in [-0.05, 0) is 30.7 Å². The van der Waals surface area contributed by atoms with E-state index in [9.17, 15) is 13.2 Å². The molecule has 1 aromatic carbocycles. The van der Waals surface area contributed by atoms with Crippen LogP contribution in [0.1, 0.15) is 11.1 Å². The SMILES string of the molecule is Cc1ccc(N(C)CCS(C)(=O)=O)c(/C=C/C(=O)O)c1. The van der Waals surface area contributed by atoms with Crippen LogP contribution in [0.15, 0.2) is 24.3 Å². The minimum Gasteiger partial charge on any atom is -0.478 e. The average molecular weight is 297 g/mol. The van der Waals surface area contributed by atoms with Crippen molar-refractivity contribution < 1.29 is 18.3 Å². The molecule has 0 unspecified atom stereocenters. The number of aliphatic carboxylic acids is 1. The van der Waals surface area contributed by atoms with Gasteiger partial charge in [-0.1, -0.05) is 11.6 Å². The van der Waals surface area contributed by atoms with Crippen molar-refractivity contribution >= 4 is 27.6 Å². The lowest BCUT2D eigenvalue weighted by atomic mass is 10.1. The van der Waals surface area contributed by atoms with Crippen molar-refractivity contribution in [2.24, 2.45) is 0 Å². The predicted octanol–water partition coefficient (Wildman–Crippen LogP) is 1.57. The van der Waals surface area contributed by atoms with Gasteiger partial charge in [0, 0.05) is 31.6 Å². The molecule has 0 radical (unpaired) electrons. The van der Waals surface area contributed by atoms with Gasteiger partial charge in [0.2, 0.25) is 0 Å². The summed E-state index contributed by atoms with van der Waals surface area (Å²) >= 11 is 0. The monoisotopic (exact) mass is 297 g/mol. The topological polar surface area (TPSA) is 74.7 Å². The summed E-state index contributed by atoms with van der Waals surface area (Å²) in [5, 5.41) is 8.70. The van der Waals surface area contributed by atoms with Crippen LogP contribution in [0, 0.1) is 6.92 Å². The number of hydrogen-bond donors (Lipinski definition) is 1. The maximum absolute atomic E-state index is 11.2. The minimum absolute atomic E-state index is 0.0550. The van der Waals surface area contributed by atoms with Crippen LogP contribution in [0.4, 0.5) is 5.69 Å². The third-order valence-electron chi connectivity index (χ3n) is 2.80. The minimum atomic E-state index is -3.03. The Morgan fingerprint density at radius 1 is 1.40 bits per heavy atom. The van der Waals surface area contributed by atoms with Crippen LogP contribution < -0.4 is 4.90 Å². The number of rotatable bonds is 6. The first-order chi connectivity index (χ1) is 9.19. The lowest BCUT2D eigenvalue weighted by molar-refractivity contribution is -0.131. The number of sulfone groups is 1. The molecule has 0 aliphatic carbocycles. The van der Waals surface area contributed by atoms with Gasteiger partial charge in [0.1, 0.15) is 9.84 Å². The number of hydrogen-bond acceptors (Lipinski definition) is 4. The van der Waals surface area contributed by atoms with E-state index in [4.69, 9.17) is 5.11 Å². The number of aryl methyl sites for hydroxylation is 1. The first-order valence-corrected chi connectivity index (χ1v) is 8.15. The Labute approximate surface area is 119 Å². The second-order valence-electron chi connectivity index (χ2n) is 4.79. The van der Waals surface area contributed by atoms with Crippen molar-refractivity contribution in [2.75, 3.05) is 30.5 Å². The molecule has 1 rings (SSSR count). The summed E-state index contributed by atoms with van der Waals surface area (Å²) < 4.78 is 22.4. The molecule has 1 N–H and O–H groups in total. The Balaban J connectivity index is 3.01. The highest BCUT2D eigenvalue weighted by Crippen LogP contribution is 2.22. The third kappa shape index (κ3) is 5.44. The first kappa shape index (κ1) is 16.2. The standard InChI is InChI=1S/C14H19NO4S/c1-11-4-6-13(12(10-11)5-7-14(16)17)15(2)8-9-20(3,18)19/h4-7,10H,8-9H2,1-3H3,(H,16,17)/b7-5+. The van der Waals surface area contributed by atoms with Gasteiger partial charge in [0.15, 0.2) is 0 Å². The van der Waals surface area contributed by atoms with Crippen molar-refractivity contribution in [3.63, 3.8) is 0 Å². The van der Waals surface area contributed by atoms with E-state index in [-0.39, 0.29) is 5.75 Å². The summed E-state index contributed by atoms with van der Waals surface area (Å²) in [6.07, 6.45) is 3.78. The molecule has 6 heteroatoms. The van der Waals surface area contributed by atoms with Gasteiger partial charge in [-0.2, -0.15) is 0 Å². The molecule has 1 aromatic rings. The Bertz CT molecular complexity index is 620. The van der Waals surface area contributed by atoms with Crippen LogP contribution in [-0.4, -0.2) is 45.1 Å². The Morgan fingerprint density at radius 3 is 2.60 bits per heavy atom. The normalized spacial score (nSPS) is 11.8. The highest BCUT2D eigenvalue weighted by atomic mass is 32.2. The van der Waals surface area contributed by atoms with E-state index < -0.39 is 15.8 Å². The highest BCUT2D eigenvalue weighted by Gasteiger charge is 2.09. The Kier molecular flexibility index (Phi) is 5.33. The fourth-order valence-electron chi connectivity index (χ4n) is 1.74. The smallest absolute Gasteiger partial charge is 0.328 e. The van der Waals surface area contributed by atoms with E-state index in [1.165, 1.54) is 12.3 Å². The molecule has 0 aliphatic rings. The molecule has 0 saturated carbocycles. The molecule has 0 aliphatic heterocycles. The predicted molar refractivity (Wildman–Crippen MR) is 80.8 cm³/mol. The van der Waals surface area contributed by atoms with Crippen molar-refractivity contribution in [2.45, 2.75) is 6.92 Å². The molecule has 20 heavy (non-hydrogen) atoms. The number of carboxylic acids is 1. The van der Waals surface area contributed by atoms with Gasteiger partial charge in [-0.3, -0.25) is 0 Å². The van der Waals surface area contributed by atoms with E-state index in [2.05, 4.69) is 0 Å². The van der Waals surface area contributed by atoms with E-state index >= 15 is 0 Å². The number of carboxylic acid groups (broad SMARTS) is 1. The Morgan fingerprint density at radius 2 is 2.05 bits per heavy atom. The molecule has 0 amide bonds. The fraction of sp³-hybridized carbons (Fsp3) is 0.357. The van der Waals surface area contributed by atoms with E-state index in [0.29, 0.717) is 6.54 Å². The molecule has 110 valence electrons. The molecular formula is C14H19NO4S. The number of carbonyl (C=O) groups is 1. The van der Waals surface area contributed by atoms with Crippen molar-refractivity contribution in [3.8, 4) is 0 Å². The maximum Gasteiger partial charge on any atom is 0.328 e. The summed E-state index contributed by atoms with van der Waals surface area (Å²) in [5.74, 6) is -0.962. The van der Waals surface area contributed by atoms with Gasteiger partial charge in [-0.15, -0.1) is 0 Å². The van der Waals surface area contributed by atoms with Gasteiger partial charge in [-0.25, -0.2) is 13.2 Å². The van der Waals surface area contributed by atoms with Gasteiger partial charge >= 0.3 is 5.97 Å². The van der Waals surface area contributed by atoms with Crippen LogP contribution in [0.5, 0.6) is 0 Å². The molecule has 0 bridgehead atoms. The molecule has 0 fully saturated rings. The molecule has 0 spiro atoms. The van der Waals surface area contributed by atoms with Crippen LogP contribution in [-0.2, 0) is 14.6 Å². The molecular weight excluding hydrogens is 278 g/mol. The molecule has 0 heterocycles. The van der Waals surface area contributed by atoms with E-state index in [0.717, 1.165) is 22.9 Å². The Hall–Kier alpha value is -1.82. The summed E-state index contributed by atoms with van der Waals surface area (Å²) in [6, 6.07) is 5.63. The number of anilines is 1. The van der Waals surface area contributed by atoms with Crippen LogP contribution in [0.25, 0.3) is 6.08 Å². The van der Waals surface area contributed by atoms with Gasteiger partial charge in [0.25, 0.3) is 0 Å². The molecule has 5 nitrogen and oxygen atoms in total. The van der Waals surface area contributed by atoms with Crippen molar-refractivity contribution in [1.29, 1.82) is 0 Å². The zero-order chi connectivity index (χ0) is 15.3. The van der Waals surface area contributed by atoms with Crippen LogP contribution >= 0.6 is 0 Å². The molecule has 0 aromatic heterocycles. The van der Waals surface area contributed by atoms with Gasteiger partial charge < -0.3 is 10.0 Å². The quantitative estimate of drug-likeness (QED) is 0.807. The van der Waals surface area contributed by atoms with Crippen molar-refractivity contribution in [1.82, 2.24) is 0 Å². The molecule has 0 atom stereocenters. The zero-order valence-corrected chi connectivity index (χ0v) is 12.6. The number of nitrogens with zero attached hydrogens (tertiary/aromatic N) is 1. The lowest BCUT2D eigenvalue weighted by Gasteiger charge is -2.21. The summed E-state index contributed by atoms with van der Waals surface area (Å²) in [5.41, 5.74) is 2.57. The largest absolute Gasteiger partial charge is 0.478 e. The van der Waals surface area contributed by atoms with Crippen LogP contribution in [0.3, 0.4) is 0 Å².